The quantitative estimate of drug-likeness (QED) is 0.788. The second-order valence-corrected chi connectivity index (χ2v) is 6.74. The molecule has 1 aliphatic rings. The van der Waals surface area contributed by atoms with Crippen molar-refractivity contribution < 1.29 is 0 Å². The van der Waals surface area contributed by atoms with Gasteiger partial charge in [0, 0.05) is 36.3 Å². The van der Waals surface area contributed by atoms with Gasteiger partial charge in [0.1, 0.15) is 5.82 Å². The van der Waals surface area contributed by atoms with Crippen LogP contribution in [-0.4, -0.2) is 26.8 Å². The Kier molecular flexibility index (Phi) is 3.71. The van der Waals surface area contributed by atoms with Gasteiger partial charge in [-0.2, -0.15) is 5.10 Å². The third-order valence-corrected chi connectivity index (χ3v) is 4.97. The molecular weight excluding hydrogens is 298 g/mol. The average molecular weight is 321 g/mol. The number of hydrogen-bond donors (Lipinski definition) is 1. The van der Waals surface area contributed by atoms with Crippen molar-refractivity contribution in [1.29, 1.82) is 0 Å². The molecule has 24 heavy (non-hydrogen) atoms. The molecule has 3 aromatic heterocycles. The maximum Gasteiger partial charge on any atom is 0.154 e. The minimum Gasteiger partial charge on any atom is -0.373 e. The van der Waals surface area contributed by atoms with Crippen LogP contribution in [0.1, 0.15) is 48.6 Å². The third-order valence-electron chi connectivity index (χ3n) is 4.97. The molecule has 124 valence electrons. The van der Waals surface area contributed by atoms with Gasteiger partial charge in [0.15, 0.2) is 5.82 Å². The van der Waals surface area contributed by atoms with Crippen molar-refractivity contribution in [1.82, 2.24) is 19.7 Å². The first-order valence-corrected chi connectivity index (χ1v) is 8.68. The number of aromatic nitrogens is 4. The Bertz CT molecular complexity index is 890. The highest BCUT2D eigenvalue weighted by Gasteiger charge is 2.20. The predicted octanol–water partition coefficient (Wildman–Crippen LogP) is 4.13. The molecule has 3 aromatic rings. The minimum absolute atomic E-state index is 0.598. The molecule has 0 saturated heterocycles. The smallest absolute Gasteiger partial charge is 0.154 e. The molecule has 0 aromatic carbocycles. The number of fused-ring (bicyclic) bond motifs is 1. The van der Waals surface area contributed by atoms with Gasteiger partial charge in [-0.3, -0.25) is 0 Å². The van der Waals surface area contributed by atoms with Crippen LogP contribution in [0.2, 0.25) is 0 Å². The van der Waals surface area contributed by atoms with Gasteiger partial charge in [-0.05, 0) is 44.4 Å². The molecule has 0 unspecified atom stereocenters. The van der Waals surface area contributed by atoms with Crippen LogP contribution < -0.4 is 5.32 Å². The van der Waals surface area contributed by atoms with E-state index >= 15 is 0 Å². The molecule has 0 aliphatic heterocycles. The summed E-state index contributed by atoms with van der Waals surface area (Å²) in [6.45, 7) is 4.16. The van der Waals surface area contributed by atoms with Crippen molar-refractivity contribution in [2.45, 2.75) is 45.4 Å². The number of nitrogens with zero attached hydrogens (tertiary/aromatic N) is 4. The summed E-state index contributed by atoms with van der Waals surface area (Å²) in [5.41, 5.74) is 4.48. The van der Waals surface area contributed by atoms with E-state index < -0.39 is 0 Å². The molecule has 1 aliphatic carbocycles. The summed E-state index contributed by atoms with van der Waals surface area (Å²) >= 11 is 0. The fraction of sp³-hybridized carbons (Fsp3) is 0.421. The SMILES string of the molecule is CNc1cc2c(cn1)c(C)nn2-c1cc(C)cc(C2CCCC2)n1. The summed E-state index contributed by atoms with van der Waals surface area (Å²) in [7, 11) is 1.88. The highest BCUT2D eigenvalue weighted by atomic mass is 15.3. The third kappa shape index (κ3) is 2.54. The number of pyridine rings is 2. The Morgan fingerprint density at radius 1 is 1.12 bits per heavy atom. The Hall–Kier alpha value is -2.43. The first kappa shape index (κ1) is 15.1. The van der Waals surface area contributed by atoms with E-state index in [4.69, 9.17) is 10.1 Å². The Balaban J connectivity index is 1.87. The van der Waals surface area contributed by atoms with E-state index in [-0.39, 0.29) is 0 Å². The van der Waals surface area contributed by atoms with Crippen molar-refractivity contribution in [2.24, 2.45) is 0 Å². The summed E-state index contributed by atoms with van der Waals surface area (Å²) in [6.07, 6.45) is 7.02. The van der Waals surface area contributed by atoms with Gasteiger partial charge >= 0.3 is 0 Å². The molecule has 1 saturated carbocycles. The van der Waals surface area contributed by atoms with Gasteiger partial charge in [-0.15, -0.1) is 0 Å². The van der Waals surface area contributed by atoms with Crippen LogP contribution in [-0.2, 0) is 0 Å². The molecule has 5 heteroatoms. The van der Waals surface area contributed by atoms with Gasteiger partial charge in [0.25, 0.3) is 0 Å². The second kappa shape index (κ2) is 5.89. The van der Waals surface area contributed by atoms with Gasteiger partial charge in [0.05, 0.1) is 11.2 Å². The zero-order valence-corrected chi connectivity index (χ0v) is 14.5. The molecule has 1 N–H and O–H groups in total. The molecule has 0 amide bonds. The first-order valence-electron chi connectivity index (χ1n) is 8.68. The van der Waals surface area contributed by atoms with Crippen LogP contribution in [0.15, 0.2) is 24.4 Å². The summed E-state index contributed by atoms with van der Waals surface area (Å²) in [5.74, 6) is 2.34. The molecule has 3 heterocycles. The van der Waals surface area contributed by atoms with Crippen molar-refractivity contribution >= 4 is 16.7 Å². The average Bonchev–Trinajstić information content (AvgIpc) is 3.22. The standard InChI is InChI=1S/C19H23N5/c1-12-8-16(14-6-4-5-7-14)22-19(9-12)24-17-10-18(20-3)21-11-15(17)13(2)23-24/h8-11,14H,4-7H2,1-3H3,(H,20,21). The highest BCUT2D eigenvalue weighted by molar-refractivity contribution is 5.84. The number of nitrogens with one attached hydrogen (secondary N) is 1. The van der Waals surface area contributed by atoms with Crippen LogP contribution in [0, 0.1) is 13.8 Å². The molecular formula is C19H23N5. The molecule has 0 atom stereocenters. The second-order valence-electron chi connectivity index (χ2n) is 6.74. The van der Waals surface area contributed by atoms with Gasteiger partial charge in [-0.1, -0.05) is 12.8 Å². The molecule has 1 fully saturated rings. The fourth-order valence-electron chi connectivity index (χ4n) is 3.68. The van der Waals surface area contributed by atoms with Gasteiger partial charge in [-0.25, -0.2) is 14.6 Å². The normalized spacial score (nSPS) is 15.3. The zero-order chi connectivity index (χ0) is 16.7. The largest absolute Gasteiger partial charge is 0.373 e. The van der Waals surface area contributed by atoms with E-state index in [0.29, 0.717) is 5.92 Å². The van der Waals surface area contributed by atoms with Crippen LogP contribution in [0.25, 0.3) is 16.7 Å². The van der Waals surface area contributed by atoms with Crippen LogP contribution in [0.5, 0.6) is 0 Å². The minimum atomic E-state index is 0.598. The van der Waals surface area contributed by atoms with Crippen molar-refractivity contribution in [3.8, 4) is 5.82 Å². The van der Waals surface area contributed by atoms with E-state index in [0.717, 1.165) is 28.2 Å². The van der Waals surface area contributed by atoms with Crippen LogP contribution >= 0.6 is 0 Å². The van der Waals surface area contributed by atoms with E-state index in [9.17, 15) is 0 Å². The van der Waals surface area contributed by atoms with E-state index in [1.54, 1.807) is 0 Å². The number of hydrogen-bond acceptors (Lipinski definition) is 4. The highest BCUT2D eigenvalue weighted by Crippen LogP contribution is 2.34. The first-order chi connectivity index (χ1) is 11.7. The summed E-state index contributed by atoms with van der Waals surface area (Å²) in [4.78, 5) is 9.37. The molecule has 0 radical (unpaired) electrons. The number of aryl methyl sites for hydroxylation is 2. The van der Waals surface area contributed by atoms with Crippen molar-refractivity contribution in [3.63, 3.8) is 0 Å². The maximum atomic E-state index is 4.96. The zero-order valence-electron chi connectivity index (χ0n) is 14.5. The maximum absolute atomic E-state index is 4.96. The predicted molar refractivity (Wildman–Crippen MR) is 96.9 cm³/mol. The Labute approximate surface area is 142 Å². The Morgan fingerprint density at radius 2 is 1.92 bits per heavy atom. The van der Waals surface area contributed by atoms with Crippen LogP contribution in [0.4, 0.5) is 5.82 Å². The molecule has 5 nitrogen and oxygen atoms in total. The summed E-state index contributed by atoms with van der Waals surface area (Å²) < 4.78 is 1.96. The van der Waals surface area contributed by atoms with E-state index in [1.165, 1.54) is 36.9 Å². The van der Waals surface area contributed by atoms with E-state index in [1.807, 2.05) is 30.9 Å². The Morgan fingerprint density at radius 3 is 2.67 bits per heavy atom. The number of anilines is 1. The number of rotatable bonds is 3. The van der Waals surface area contributed by atoms with Crippen LogP contribution in [0.3, 0.4) is 0 Å². The van der Waals surface area contributed by atoms with Gasteiger partial charge < -0.3 is 5.32 Å². The lowest BCUT2D eigenvalue weighted by molar-refractivity contribution is 0.689. The lowest BCUT2D eigenvalue weighted by Crippen LogP contribution is -2.05. The fourth-order valence-corrected chi connectivity index (χ4v) is 3.68. The molecule has 4 rings (SSSR count). The van der Waals surface area contributed by atoms with Crippen molar-refractivity contribution in [3.05, 3.63) is 41.3 Å². The van der Waals surface area contributed by atoms with Crippen molar-refractivity contribution in [2.75, 3.05) is 12.4 Å². The lowest BCUT2D eigenvalue weighted by atomic mass is 10.0. The summed E-state index contributed by atoms with van der Waals surface area (Å²) in [5, 5.41) is 8.90. The molecule has 0 bridgehead atoms. The van der Waals surface area contributed by atoms with Gasteiger partial charge in [0.2, 0.25) is 0 Å². The lowest BCUT2D eigenvalue weighted by Gasteiger charge is -2.12. The topological polar surface area (TPSA) is 55.6 Å². The summed E-state index contributed by atoms with van der Waals surface area (Å²) in [6, 6.07) is 6.39. The molecule has 0 spiro atoms. The van der Waals surface area contributed by atoms with E-state index in [2.05, 4.69) is 29.4 Å². The monoisotopic (exact) mass is 321 g/mol.